The van der Waals surface area contributed by atoms with Crippen LogP contribution in [0.15, 0.2) is 16.5 Å². The molecule has 0 aliphatic carbocycles. The van der Waals surface area contributed by atoms with E-state index in [0.717, 1.165) is 11.5 Å². The first-order valence-electron chi connectivity index (χ1n) is 5.84. The van der Waals surface area contributed by atoms with Crippen LogP contribution in [0.1, 0.15) is 38.4 Å². The molecule has 3 heteroatoms. The van der Waals surface area contributed by atoms with Gasteiger partial charge in [0.05, 0.1) is 6.04 Å². The molecule has 1 unspecified atom stereocenters. The van der Waals surface area contributed by atoms with Gasteiger partial charge in [-0.2, -0.15) is 0 Å². The quantitative estimate of drug-likeness (QED) is 0.893. The molecule has 2 rings (SSSR count). The van der Waals surface area contributed by atoms with E-state index in [1.54, 1.807) is 0 Å². The number of thiophene rings is 1. The number of furan rings is 1. The lowest BCUT2D eigenvalue weighted by molar-refractivity contribution is 0.497. The molecule has 0 bridgehead atoms. The van der Waals surface area contributed by atoms with E-state index >= 15 is 0 Å². The van der Waals surface area contributed by atoms with Crippen LogP contribution in [0.25, 0.3) is 0 Å². The van der Waals surface area contributed by atoms with Crippen LogP contribution in [0.3, 0.4) is 0 Å². The second kappa shape index (κ2) is 4.67. The van der Waals surface area contributed by atoms with Gasteiger partial charge in [-0.05, 0) is 52.4 Å². The molecule has 2 aromatic rings. The van der Waals surface area contributed by atoms with Crippen molar-refractivity contribution in [1.29, 1.82) is 0 Å². The summed E-state index contributed by atoms with van der Waals surface area (Å²) in [6, 6.07) is 4.63. The molecule has 0 aromatic carbocycles. The molecular weight excluding hydrogens is 230 g/mol. The Bertz CT molecular complexity index is 478. The summed E-state index contributed by atoms with van der Waals surface area (Å²) in [6.45, 7) is 8.36. The lowest BCUT2D eigenvalue weighted by atomic mass is 9.99. The van der Waals surface area contributed by atoms with Gasteiger partial charge in [0.25, 0.3) is 0 Å². The maximum Gasteiger partial charge on any atom is 0.106 e. The van der Waals surface area contributed by atoms with E-state index in [4.69, 9.17) is 4.42 Å². The molecule has 2 heterocycles. The molecule has 0 aliphatic heterocycles. The molecule has 0 spiro atoms. The molecule has 1 atom stereocenters. The molecule has 0 aliphatic rings. The van der Waals surface area contributed by atoms with E-state index in [9.17, 15) is 0 Å². The minimum atomic E-state index is 0.234. The number of hydrogen-bond donors (Lipinski definition) is 1. The van der Waals surface area contributed by atoms with Gasteiger partial charge >= 0.3 is 0 Å². The molecule has 0 fully saturated rings. The maximum atomic E-state index is 5.63. The number of aryl methyl sites for hydroxylation is 4. The highest BCUT2D eigenvalue weighted by Gasteiger charge is 2.20. The summed E-state index contributed by atoms with van der Waals surface area (Å²) in [4.78, 5) is 2.73. The van der Waals surface area contributed by atoms with Crippen LogP contribution in [0, 0.1) is 27.7 Å². The Kier molecular flexibility index (Phi) is 3.40. The van der Waals surface area contributed by atoms with Crippen molar-refractivity contribution in [3.63, 3.8) is 0 Å². The van der Waals surface area contributed by atoms with Crippen molar-refractivity contribution >= 4 is 11.3 Å². The first-order valence-corrected chi connectivity index (χ1v) is 6.65. The van der Waals surface area contributed by atoms with Crippen molar-refractivity contribution in [3.8, 4) is 0 Å². The van der Waals surface area contributed by atoms with E-state index in [-0.39, 0.29) is 6.04 Å². The zero-order valence-corrected chi connectivity index (χ0v) is 11.9. The highest BCUT2D eigenvalue weighted by Crippen LogP contribution is 2.32. The molecular formula is C14H19NOS. The topological polar surface area (TPSA) is 25.2 Å². The average molecular weight is 249 g/mol. The van der Waals surface area contributed by atoms with E-state index in [1.807, 2.05) is 32.2 Å². The zero-order chi connectivity index (χ0) is 12.6. The van der Waals surface area contributed by atoms with Crippen molar-refractivity contribution in [1.82, 2.24) is 5.32 Å². The van der Waals surface area contributed by atoms with Crippen LogP contribution in [-0.4, -0.2) is 7.05 Å². The Balaban J connectivity index is 2.47. The third kappa shape index (κ3) is 2.31. The van der Waals surface area contributed by atoms with Crippen molar-refractivity contribution in [3.05, 3.63) is 44.5 Å². The highest BCUT2D eigenvalue weighted by atomic mass is 32.1. The van der Waals surface area contributed by atoms with Gasteiger partial charge in [-0.25, -0.2) is 0 Å². The summed E-state index contributed by atoms with van der Waals surface area (Å²) >= 11 is 1.85. The average Bonchev–Trinajstić information content (AvgIpc) is 2.73. The van der Waals surface area contributed by atoms with Crippen LogP contribution in [0.4, 0.5) is 0 Å². The van der Waals surface area contributed by atoms with Crippen molar-refractivity contribution in [2.75, 3.05) is 7.05 Å². The number of rotatable bonds is 3. The van der Waals surface area contributed by atoms with Gasteiger partial charge < -0.3 is 9.73 Å². The van der Waals surface area contributed by atoms with Gasteiger partial charge in [0.2, 0.25) is 0 Å². The highest BCUT2D eigenvalue weighted by molar-refractivity contribution is 7.12. The van der Waals surface area contributed by atoms with Crippen molar-refractivity contribution in [2.45, 2.75) is 33.7 Å². The fourth-order valence-electron chi connectivity index (χ4n) is 2.35. The van der Waals surface area contributed by atoms with E-state index in [2.05, 4.69) is 31.3 Å². The van der Waals surface area contributed by atoms with Gasteiger partial charge in [-0.3, -0.25) is 0 Å². The fraction of sp³-hybridized carbons (Fsp3) is 0.429. The Morgan fingerprint density at radius 3 is 2.24 bits per heavy atom. The lowest BCUT2D eigenvalue weighted by Gasteiger charge is -2.15. The number of nitrogens with one attached hydrogen (secondary N) is 1. The predicted octanol–water partition coefficient (Wildman–Crippen LogP) is 3.88. The van der Waals surface area contributed by atoms with Crippen molar-refractivity contribution < 1.29 is 4.42 Å². The normalized spacial score (nSPS) is 13.0. The summed E-state index contributed by atoms with van der Waals surface area (Å²) < 4.78 is 5.63. The van der Waals surface area contributed by atoms with Gasteiger partial charge in [0.15, 0.2) is 0 Å². The molecule has 92 valence electrons. The van der Waals surface area contributed by atoms with Gasteiger partial charge in [-0.15, -0.1) is 11.3 Å². The monoisotopic (exact) mass is 249 g/mol. The third-order valence-electron chi connectivity index (χ3n) is 3.07. The SMILES string of the molecule is CNC(c1cc(C)oc1C)c1cc(C)sc1C. The Morgan fingerprint density at radius 2 is 1.82 bits per heavy atom. The number of hydrogen-bond acceptors (Lipinski definition) is 3. The minimum Gasteiger partial charge on any atom is -0.466 e. The van der Waals surface area contributed by atoms with Crippen LogP contribution in [0.5, 0.6) is 0 Å². The molecule has 2 aromatic heterocycles. The van der Waals surface area contributed by atoms with E-state index in [0.29, 0.717) is 0 Å². The first-order chi connectivity index (χ1) is 8.02. The van der Waals surface area contributed by atoms with Crippen LogP contribution < -0.4 is 5.32 Å². The molecule has 17 heavy (non-hydrogen) atoms. The fourth-order valence-corrected chi connectivity index (χ4v) is 3.32. The van der Waals surface area contributed by atoms with Gasteiger partial charge in [0.1, 0.15) is 11.5 Å². The first kappa shape index (κ1) is 12.4. The lowest BCUT2D eigenvalue weighted by Crippen LogP contribution is -2.18. The van der Waals surface area contributed by atoms with Gasteiger partial charge in [0, 0.05) is 15.3 Å². The summed E-state index contributed by atoms with van der Waals surface area (Å²) in [5, 5.41) is 3.39. The maximum absolute atomic E-state index is 5.63. The summed E-state index contributed by atoms with van der Waals surface area (Å²) in [6.07, 6.45) is 0. The van der Waals surface area contributed by atoms with Crippen LogP contribution >= 0.6 is 11.3 Å². The Hall–Kier alpha value is -1.06. The largest absolute Gasteiger partial charge is 0.466 e. The molecule has 0 saturated carbocycles. The molecule has 1 N–H and O–H groups in total. The Morgan fingerprint density at radius 1 is 1.12 bits per heavy atom. The van der Waals surface area contributed by atoms with Crippen LogP contribution in [0.2, 0.25) is 0 Å². The molecule has 0 radical (unpaired) electrons. The summed E-state index contributed by atoms with van der Waals surface area (Å²) in [7, 11) is 2.00. The van der Waals surface area contributed by atoms with E-state index in [1.165, 1.54) is 20.9 Å². The van der Waals surface area contributed by atoms with E-state index < -0.39 is 0 Å². The minimum absolute atomic E-state index is 0.234. The molecule has 0 saturated heterocycles. The molecule has 0 amide bonds. The van der Waals surface area contributed by atoms with Gasteiger partial charge in [-0.1, -0.05) is 0 Å². The standard InChI is InChI=1S/C14H19NOS/c1-8-6-12(10(3)16-8)14(15-5)13-7-9(2)17-11(13)4/h6-7,14-15H,1-5H3. The second-order valence-electron chi connectivity index (χ2n) is 4.46. The third-order valence-corrected chi connectivity index (χ3v) is 4.05. The summed E-state index contributed by atoms with van der Waals surface area (Å²) in [5.41, 5.74) is 2.60. The second-order valence-corrected chi connectivity index (χ2v) is 5.92. The molecule has 2 nitrogen and oxygen atoms in total. The predicted molar refractivity (Wildman–Crippen MR) is 72.9 cm³/mol. The zero-order valence-electron chi connectivity index (χ0n) is 11.0. The van der Waals surface area contributed by atoms with Crippen molar-refractivity contribution in [2.24, 2.45) is 0 Å². The van der Waals surface area contributed by atoms with Crippen LogP contribution in [-0.2, 0) is 0 Å². The Labute approximate surface area is 107 Å². The smallest absolute Gasteiger partial charge is 0.106 e. The summed E-state index contributed by atoms with van der Waals surface area (Å²) in [5.74, 6) is 1.98.